The van der Waals surface area contributed by atoms with Gasteiger partial charge in [-0.3, -0.25) is 18.9 Å². The Morgan fingerprint density at radius 3 is 2.88 bits per heavy atom. The summed E-state index contributed by atoms with van der Waals surface area (Å²) >= 11 is 0. The van der Waals surface area contributed by atoms with Crippen molar-refractivity contribution in [3.8, 4) is 0 Å². The standard InChI is InChI=1S/C10H12BN5O8P/c12-10-14-7-4(8(19)15-10)13-2-16(7)9-6(18)5(17)3(22-9)1-21-25(20)23-11-24-25/h2-3,5-6,9,17-18H,1H2,(H3,12,14,15,19)/t3-,5-,6-,9-/m1/s1. The number of fused-ring (bicyclic) bond motifs is 1. The second-order valence-electron chi connectivity index (χ2n) is 5.37. The highest BCUT2D eigenvalue weighted by molar-refractivity contribution is 7.53. The molecule has 0 aliphatic carbocycles. The van der Waals surface area contributed by atoms with E-state index in [-0.39, 0.29) is 23.7 Å². The molecule has 2 saturated heterocycles. The lowest BCUT2D eigenvalue weighted by atomic mass is 10.1. The third-order valence-electron chi connectivity index (χ3n) is 3.80. The Morgan fingerprint density at radius 1 is 1.44 bits per heavy atom. The molecule has 2 aromatic heterocycles. The molecule has 0 amide bonds. The SMILES string of the molecule is Nc1nc2c(ncn2[C@@H]2O[C@H](COP3(=O)O[B]O3)[C@@H](O)[C@H]2O)c(=O)[nH]1. The number of nitrogen functional groups attached to an aromatic ring is 1. The smallest absolute Gasteiger partial charge is 0.387 e. The van der Waals surface area contributed by atoms with Gasteiger partial charge in [-0.05, 0) is 0 Å². The van der Waals surface area contributed by atoms with Crippen LogP contribution >= 0.6 is 7.82 Å². The van der Waals surface area contributed by atoms with Crippen LogP contribution in [0, 0.1) is 0 Å². The van der Waals surface area contributed by atoms with Gasteiger partial charge in [0.15, 0.2) is 17.4 Å². The Balaban J connectivity index is 1.58. The number of aromatic amines is 1. The zero-order chi connectivity index (χ0) is 17.8. The van der Waals surface area contributed by atoms with E-state index >= 15 is 0 Å². The number of rotatable bonds is 4. The van der Waals surface area contributed by atoms with E-state index in [9.17, 15) is 19.6 Å². The number of aliphatic hydroxyl groups excluding tert-OH is 2. The molecule has 25 heavy (non-hydrogen) atoms. The Kier molecular flexibility index (Phi) is 3.92. The number of phosphoric acid groups is 1. The van der Waals surface area contributed by atoms with Gasteiger partial charge in [0.05, 0.1) is 12.9 Å². The molecule has 13 nitrogen and oxygen atoms in total. The van der Waals surface area contributed by atoms with Crippen molar-refractivity contribution in [2.24, 2.45) is 0 Å². The highest BCUT2D eigenvalue weighted by Crippen LogP contribution is 2.55. The summed E-state index contributed by atoms with van der Waals surface area (Å²) in [7, 11) is -2.79. The van der Waals surface area contributed by atoms with Crippen LogP contribution in [0.4, 0.5) is 5.95 Å². The molecule has 0 bridgehead atoms. The summed E-state index contributed by atoms with van der Waals surface area (Å²) in [6.07, 6.45) is -3.66. The first-order valence-corrected chi connectivity index (χ1v) is 8.51. The van der Waals surface area contributed by atoms with Crippen molar-refractivity contribution in [2.75, 3.05) is 12.3 Å². The molecule has 2 fully saturated rings. The van der Waals surface area contributed by atoms with Gasteiger partial charge in [0, 0.05) is 0 Å². The molecule has 0 saturated carbocycles. The van der Waals surface area contributed by atoms with Crippen LogP contribution in [-0.2, 0) is 22.7 Å². The number of anilines is 1. The van der Waals surface area contributed by atoms with E-state index in [1.807, 2.05) is 0 Å². The van der Waals surface area contributed by atoms with Crippen LogP contribution in [0.3, 0.4) is 0 Å². The summed E-state index contributed by atoms with van der Waals surface area (Å²) in [6, 6.07) is 0. The molecule has 0 spiro atoms. The number of H-pyrrole nitrogens is 1. The monoisotopic (exact) mass is 372 g/mol. The minimum Gasteiger partial charge on any atom is -0.387 e. The van der Waals surface area contributed by atoms with Gasteiger partial charge >= 0.3 is 15.5 Å². The molecule has 2 aliphatic rings. The molecule has 0 aromatic carbocycles. The van der Waals surface area contributed by atoms with Gasteiger partial charge in [0.2, 0.25) is 5.95 Å². The summed E-state index contributed by atoms with van der Waals surface area (Å²) in [6.45, 7) is -0.359. The summed E-state index contributed by atoms with van der Waals surface area (Å²) < 4.78 is 32.4. The third-order valence-corrected chi connectivity index (χ3v) is 4.96. The first-order valence-electron chi connectivity index (χ1n) is 7.05. The number of aromatic nitrogens is 4. The molecule has 1 radical (unpaired) electrons. The molecule has 4 atom stereocenters. The van der Waals surface area contributed by atoms with E-state index in [1.165, 1.54) is 10.9 Å². The van der Waals surface area contributed by atoms with E-state index in [0.717, 1.165) is 7.69 Å². The molecular formula is C10H12BN5O8P. The summed E-state index contributed by atoms with van der Waals surface area (Å²) in [5.74, 6) is -0.138. The van der Waals surface area contributed by atoms with Crippen LogP contribution in [0.15, 0.2) is 11.1 Å². The lowest BCUT2D eigenvalue weighted by Crippen LogP contribution is -2.34. The fourth-order valence-corrected chi connectivity index (χ4v) is 3.24. The van der Waals surface area contributed by atoms with Crippen molar-refractivity contribution in [1.82, 2.24) is 19.5 Å². The average molecular weight is 372 g/mol. The van der Waals surface area contributed by atoms with Gasteiger partial charge in [0.1, 0.15) is 18.3 Å². The van der Waals surface area contributed by atoms with Crippen molar-refractivity contribution in [3.05, 3.63) is 16.7 Å². The molecule has 5 N–H and O–H groups in total. The van der Waals surface area contributed by atoms with Gasteiger partial charge in [-0.2, -0.15) is 4.98 Å². The first kappa shape index (κ1) is 16.7. The van der Waals surface area contributed by atoms with Crippen LogP contribution in [0.25, 0.3) is 11.2 Å². The number of nitrogens with zero attached hydrogens (tertiary/aromatic N) is 3. The van der Waals surface area contributed by atoms with Crippen molar-refractivity contribution in [2.45, 2.75) is 24.5 Å². The first-order chi connectivity index (χ1) is 11.9. The van der Waals surface area contributed by atoms with Crippen molar-refractivity contribution >= 4 is 32.6 Å². The van der Waals surface area contributed by atoms with E-state index in [0.29, 0.717) is 0 Å². The minimum atomic E-state index is -3.65. The van der Waals surface area contributed by atoms with E-state index in [4.69, 9.17) is 15.0 Å². The topological polar surface area (TPSA) is 184 Å². The second kappa shape index (κ2) is 5.88. The number of hydrogen-bond donors (Lipinski definition) is 4. The van der Waals surface area contributed by atoms with Gasteiger partial charge < -0.3 is 29.6 Å². The molecule has 4 rings (SSSR count). The number of hydrogen-bond acceptors (Lipinski definition) is 11. The van der Waals surface area contributed by atoms with Crippen LogP contribution in [-0.4, -0.2) is 62.3 Å². The Morgan fingerprint density at radius 2 is 2.20 bits per heavy atom. The van der Waals surface area contributed by atoms with Gasteiger partial charge in [-0.15, -0.1) is 0 Å². The quantitative estimate of drug-likeness (QED) is 0.345. The summed E-state index contributed by atoms with van der Waals surface area (Å²) in [5, 5.41) is 20.4. The van der Waals surface area contributed by atoms with Crippen molar-refractivity contribution in [3.63, 3.8) is 0 Å². The molecule has 2 aromatic rings. The molecule has 0 unspecified atom stereocenters. The maximum atomic E-state index is 11.8. The van der Waals surface area contributed by atoms with Gasteiger partial charge in [-0.25, -0.2) is 9.55 Å². The maximum absolute atomic E-state index is 11.8. The Hall–Kier alpha value is -1.80. The minimum absolute atomic E-state index is 0.00423. The Bertz CT molecular complexity index is 910. The lowest BCUT2D eigenvalue weighted by molar-refractivity contribution is -0.0512. The number of aliphatic hydroxyl groups is 2. The summed E-state index contributed by atoms with van der Waals surface area (Å²) in [4.78, 5) is 22.0. The predicted molar refractivity (Wildman–Crippen MR) is 80.0 cm³/mol. The van der Waals surface area contributed by atoms with Crippen LogP contribution < -0.4 is 11.3 Å². The molecule has 15 heteroatoms. The van der Waals surface area contributed by atoms with Gasteiger partial charge in [-0.1, -0.05) is 0 Å². The zero-order valence-electron chi connectivity index (χ0n) is 12.4. The molecule has 133 valence electrons. The van der Waals surface area contributed by atoms with Crippen LogP contribution in [0.1, 0.15) is 6.23 Å². The molecular weight excluding hydrogens is 360 g/mol. The molecule has 4 heterocycles. The normalized spacial score (nSPS) is 31.0. The Labute approximate surface area is 139 Å². The maximum Gasteiger partial charge on any atom is 0.505 e. The van der Waals surface area contributed by atoms with E-state index in [2.05, 4.69) is 23.8 Å². The van der Waals surface area contributed by atoms with Gasteiger partial charge in [0.25, 0.3) is 5.56 Å². The average Bonchev–Trinajstić information content (AvgIpc) is 3.07. The number of nitrogens with one attached hydrogen (secondary N) is 1. The highest BCUT2D eigenvalue weighted by Gasteiger charge is 2.47. The van der Waals surface area contributed by atoms with Crippen molar-refractivity contribution in [1.29, 1.82) is 0 Å². The predicted octanol–water partition coefficient (Wildman–Crippen LogP) is -1.97. The fraction of sp³-hybridized carbons (Fsp3) is 0.500. The number of imidazole rings is 1. The zero-order valence-corrected chi connectivity index (χ0v) is 13.3. The van der Waals surface area contributed by atoms with Crippen LogP contribution in [0.5, 0.6) is 0 Å². The largest absolute Gasteiger partial charge is 0.505 e. The van der Waals surface area contributed by atoms with Crippen molar-refractivity contribution < 1.29 is 32.9 Å². The number of ether oxygens (including phenoxy) is 1. The van der Waals surface area contributed by atoms with E-state index in [1.54, 1.807) is 0 Å². The fourth-order valence-electron chi connectivity index (χ4n) is 2.56. The molecule has 2 aliphatic heterocycles. The number of nitrogens with two attached hydrogens (primary N) is 1. The second-order valence-corrected chi connectivity index (χ2v) is 6.95. The third kappa shape index (κ3) is 2.77. The summed E-state index contributed by atoms with van der Waals surface area (Å²) in [5.41, 5.74) is 5.03. The van der Waals surface area contributed by atoms with E-state index < -0.39 is 37.9 Å². The lowest BCUT2D eigenvalue weighted by Gasteiger charge is -2.25. The van der Waals surface area contributed by atoms with Crippen LogP contribution in [0.2, 0.25) is 0 Å². The highest BCUT2D eigenvalue weighted by atomic mass is 31.2.